The lowest BCUT2D eigenvalue weighted by molar-refractivity contribution is 0.508. The molecule has 2 N–H and O–H groups in total. The molecule has 7 heteroatoms. The number of nitrogens with zero attached hydrogens (tertiary/aromatic N) is 4. The molecule has 1 aromatic carbocycles. The first kappa shape index (κ1) is 17.7. The fourth-order valence-corrected chi connectivity index (χ4v) is 3.21. The highest BCUT2D eigenvalue weighted by atomic mass is 35.5. The Morgan fingerprint density at radius 2 is 2.20 bits per heavy atom. The summed E-state index contributed by atoms with van der Waals surface area (Å²) in [6, 6.07) is 7.95. The van der Waals surface area contributed by atoms with Crippen molar-refractivity contribution in [3.05, 3.63) is 46.5 Å². The van der Waals surface area contributed by atoms with Crippen LogP contribution in [-0.4, -0.2) is 33.8 Å². The highest BCUT2D eigenvalue weighted by molar-refractivity contribution is 6.30. The number of guanidine groups is 1. The zero-order chi connectivity index (χ0) is 17.5. The Bertz CT molecular complexity index is 724. The Hall–Kier alpha value is -2.08. The third kappa shape index (κ3) is 4.95. The van der Waals surface area contributed by atoms with Crippen LogP contribution in [0.1, 0.15) is 37.0 Å². The predicted octanol–water partition coefficient (Wildman–Crippen LogP) is 2.57. The molecule has 0 fully saturated rings. The lowest BCUT2D eigenvalue weighted by Gasteiger charge is -2.14. The molecule has 2 aromatic rings. The molecule has 0 aliphatic carbocycles. The number of aliphatic imine (C=N–C) groups is 1. The van der Waals surface area contributed by atoms with Gasteiger partial charge in [0.25, 0.3) is 0 Å². The average molecular weight is 361 g/mol. The summed E-state index contributed by atoms with van der Waals surface area (Å²) < 4.78 is 2.21. The standard InChI is InChI=1S/C18H25ClN6/c1-2-20-18(21-10-9-14-6-5-7-15(19)12-14)22-13-17-24-23-16-8-3-4-11-25(16)17/h5-7,12H,2-4,8-11,13H2,1H3,(H2,20,21,22). The third-order valence-corrected chi connectivity index (χ3v) is 4.49. The SMILES string of the molecule is CCNC(=NCc1nnc2n1CCCC2)NCCc1cccc(Cl)c1. The molecule has 0 saturated heterocycles. The molecule has 1 aliphatic heterocycles. The van der Waals surface area contributed by atoms with Gasteiger partial charge in [-0.2, -0.15) is 0 Å². The maximum Gasteiger partial charge on any atom is 0.191 e. The molecule has 134 valence electrons. The molecule has 0 radical (unpaired) electrons. The Kier molecular flexibility index (Phi) is 6.28. The second-order valence-electron chi connectivity index (χ2n) is 6.14. The van der Waals surface area contributed by atoms with Gasteiger partial charge in [0.2, 0.25) is 0 Å². The smallest absolute Gasteiger partial charge is 0.191 e. The first-order valence-electron chi connectivity index (χ1n) is 8.94. The fraction of sp³-hybridized carbons (Fsp3) is 0.500. The van der Waals surface area contributed by atoms with Crippen LogP contribution < -0.4 is 10.6 Å². The number of aromatic nitrogens is 3. The fourth-order valence-electron chi connectivity index (χ4n) is 2.99. The van der Waals surface area contributed by atoms with Gasteiger partial charge in [0.15, 0.2) is 11.8 Å². The van der Waals surface area contributed by atoms with Crippen molar-refractivity contribution in [2.75, 3.05) is 13.1 Å². The van der Waals surface area contributed by atoms with Crippen molar-refractivity contribution >= 4 is 17.6 Å². The molecule has 3 rings (SSSR count). The van der Waals surface area contributed by atoms with E-state index in [-0.39, 0.29) is 0 Å². The van der Waals surface area contributed by atoms with E-state index in [2.05, 4.69) is 43.4 Å². The van der Waals surface area contributed by atoms with Gasteiger partial charge in [-0.1, -0.05) is 23.7 Å². The molecule has 0 amide bonds. The highest BCUT2D eigenvalue weighted by Gasteiger charge is 2.15. The van der Waals surface area contributed by atoms with Crippen LogP contribution in [-0.2, 0) is 25.9 Å². The number of aryl methyl sites for hydroxylation is 1. The molecule has 6 nitrogen and oxygen atoms in total. The van der Waals surface area contributed by atoms with Gasteiger partial charge in [-0.15, -0.1) is 10.2 Å². The van der Waals surface area contributed by atoms with Crippen LogP contribution in [0.15, 0.2) is 29.3 Å². The van der Waals surface area contributed by atoms with E-state index < -0.39 is 0 Å². The molecule has 0 spiro atoms. The molecule has 0 unspecified atom stereocenters. The van der Waals surface area contributed by atoms with Gasteiger partial charge in [0.1, 0.15) is 12.4 Å². The van der Waals surface area contributed by atoms with Crippen molar-refractivity contribution in [2.24, 2.45) is 4.99 Å². The second-order valence-corrected chi connectivity index (χ2v) is 6.58. The summed E-state index contributed by atoms with van der Waals surface area (Å²) >= 11 is 6.03. The normalized spacial score (nSPS) is 14.2. The number of halogens is 1. The van der Waals surface area contributed by atoms with E-state index in [9.17, 15) is 0 Å². The lowest BCUT2D eigenvalue weighted by atomic mass is 10.1. The molecule has 1 aliphatic rings. The van der Waals surface area contributed by atoms with Crippen LogP contribution in [0, 0.1) is 0 Å². The molecule has 0 saturated carbocycles. The predicted molar refractivity (Wildman–Crippen MR) is 101 cm³/mol. The first-order valence-corrected chi connectivity index (χ1v) is 9.31. The Labute approximate surface area is 153 Å². The van der Waals surface area contributed by atoms with Gasteiger partial charge < -0.3 is 15.2 Å². The van der Waals surface area contributed by atoms with E-state index in [1.807, 2.05) is 18.2 Å². The summed E-state index contributed by atoms with van der Waals surface area (Å²) in [7, 11) is 0. The van der Waals surface area contributed by atoms with Gasteiger partial charge in [-0.25, -0.2) is 4.99 Å². The highest BCUT2D eigenvalue weighted by Crippen LogP contribution is 2.14. The third-order valence-electron chi connectivity index (χ3n) is 4.25. The Balaban J connectivity index is 1.56. The number of fused-ring (bicyclic) bond motifs is 1. The number of nitrogens with one attached hydrogen (secondary N) is 2. The lowest BCUT2D eigenvalue weighted by Crippen LogP contribution is -2.38. The largest absolute Gasteiger partial charge is 0.357 e. The van der Waals surface area contributed by atoms with E-state index >= 15 is 0 Å². The molecule has 0 bridgehead atoms. The van der Waals surface area contributed by atoms with Crippen molar-refractivity contribution in [1.29, 1.82) is 0 Å². The van der Waals surface area contributed by atoms with Crippen molar-refractivity contribution in [3.8, 4) is 0 Å². The number of hydrogen-bond donors (Lipinski definition) is 2. The van der Waals surface area contributed by atoms with Gasteiger partial charge in [0, 0.05) is 31.1 Å². The Morgan fingerprint density at radius 3 is 3.04 bits per heavy atom. The van der Waals surface area contributed by atoms with Crippen molar-refractivity contribution in [2.45, 2.75) is 45.7 Å². The average Bonchev–Trinajstić information content (AvgIpc) is 3.03. The first-order chi connectivity index (χ1) is 12.3. The van der Waals surface area contributed by atoms with Crippen molar-refractivity contribution in [1.82, 2.24) is 25.4 Å². The van der Waals surface area contributed by atoms with Gasteiger partial charge in [0.05, 0.1) is 0 Å². The minimum atomic E-state index is 0.541. The zero-order valence-electron chi connectivity index (χ0n) is 14.6. The van der Waals surface area contributed by atoms with Gasteiger partial charge in [-0.05, 0) is 43.9 Å². The zero-order valence-corrected chi connectivity index (χ0v) is 15.4. The van der Waals surface area contributed by atoms with Crippen LogP contribution in [0.2, 0.25) is 5.02 Å². The molecule has 2 heterocycles. The molecular formula is C18H25ClN6. The van der Waals surface area contributed by atoms with E-state index in [4.69, 9.17) is 11.6 Å². The molecule has 1 aromatic heterocycles. The van der Waals surface area contributed by atoms with Crippen LogP contribution in [0.3, 0.4) is 0 Å². The monoisotopic (exact) mass is 360 g/mol. The van der Waals surface area contributed by atoms with Gasteiger partial charge in [-0.3, -0.25) is 0 Å². The quantitative estimate of drug-likeness (QED) is 0.613. The minimum Gasteiger partial charge on any atom is -0.357 e. The van der Waals surface area contributed by atoms with Crippen LogP contribution >= 0.6 is 11.6 Å². The van der Waals surface area contributed by atoms with E-state index in [1.165, 1.54) is 18.4 Å². The topological polar surface area (TPSA) is 67.1 Å². The summed E-state index contributed by atoms with van der Waals surface area (Å²) in [4.78, 5) is 4.66. The summed E-state index contributed by atoms with van der Waals surface area (Å²) in [5, 5.41) is 16.0. The van der Waals surface area contributed by atoms with Gasteiger partial charge >= 0.3 is 0 Å². The number of hydrogen-bond acceptors (Lipinski definition) is 3. The molecule has 0 atom stereocenters. The summed E-state index contributed by atoms with van der Waals surface area (Å²) in [6.07, 6.45) is 4.31. The van der Waals surface area contributed by atoms with Crippen LogP contribution in [0.5, 0.6) is 0 Å². The maximum absolute atomic E-state index is 6.03. The van der Waals surface area contributed by atoms with Crippen molar-refractivity contribution < 1.29 is 0 Å². The van der Waals surface area contributed by atoms with E-state index in [1.54, 1.807) is 0 Å². The van der Waals surface area contributed by atoms with Crippen molar-refractivity contribution in [3.63, 3.8) is 0 Å². The van der Waals surface area contributed by atoms with E-state index in [0.717, 1.165) is 55.1 Å². The molecular weight excluding hydrogens is 336 g/mol. The van der Waals surface area contributed by atoms with Crippen LogP contribution in [0.4, 0.5) is 0 Å². The maximum atomic E-state index is 6.03. The number of rotatable bonds is 6. The summed E-state index contributed by atoms with van der Waals surface area (Å²) in [5.74, 6) is 2.84. The summed E-state index contributed by atoms with van der Waals surface area (Å²) in [5.41, 5.74) is 1.21. The van der Waals surface area contributed by atoms with Crippen LogP contribution in [0.25, 0.3) is 0 Å². The molecule has 25 heavy (non-hydrogen) atoms. The number of benzene rings is 1. The summed E-state index contributed by atoms with van der Waals surface area (Å²) in [6.45, 7) is 5.23. The second kappa shape index (κ2) is 8.85. The minimum absolute atomic E-state index is 0.541. The van der Waals surface area contributed by atoms with E-state index in [0.29, 0.717) is 6.54 Å². The Morgan fingerprint density at radius 1 is 1.28 bits per heavy atom.